The molecule has 8 heteroatoms. The van der Waals surface area contributed by atoms with E-state index >= 15 is 0 Å². The molecule has 136 valence electrons. The van der Waals surface area contributed by atoms with Gasteiger partial charge in [0.15, 0.2) is 23.1 Å². The van der Waals surface area contributed by atoms with Crippen LogP contribution in [0.4, 0.5) is 17.3 Å². The molecule has 3 heterocycles. The quantitative estimate of drug-likeness (QED) is 0.869. The van der Waals surface area contributed by atoms with Crippen molar-refractivity contribution >= 4 is 23.2 Å². The first-order valence-corrected chi connectivity index (χ1v) is 8.55. The molecule has 1 amide bonds. The van der Waals surface area contributed by atoms with E-state index in [1.54, 1.807) is 0 Å². The number of benzene rings is 1. The van der Waals surface area contributed by atoms with Gasteiger partial charge in [0, 0.05) is 13.6 Å². The predicted molar refractivity (Wildman–Crippen MR) is 97.6 cm³/mol. The number of nitrogens with zero attached hydrogens (tertiary/aromatic N) is 3. The Labute approximate surface area is 151 Å². The molecule has 1 unspecified atom stereocenters. The van der Waals surface area contributed by atoms with Crippen molar-refractivity contribution in [2.75, 3.05) is 29.4 Å². The molecular formula is C18H21N5O3. The fraction of sp³-hybridized carbons (Fsp3) is 0.389. The molecule has 0 aliphatic carbocycles. The first-order chi connectivity index (χ1) is 12.5. The lowest BCUT2D eigenvalue weighted by molar-refractivity contribution is -0.117. The van der Waals surface area contributed by atoms with E-state index < -0.39 is 0 Å². The topological polar surface area (TPSA) is 88.6 Å². The van der Waals surface area contributed by atoms with Gasteiger partial charge in [0.1, 0.15) is 18.1 Å². The molecule has 2 N–H and O–H groups in total. The lowest BCUT2D eigenvalue weighted by Gasteiger charge is -2.31. The Morgan fingerprint density at radius 2 is 2.08 bits per heavy atom. The lowest BCUT2D eigenvalue weighted by Crippen LogP contribution is -2.43. The van der Waals surface area contributed by atoms with Crippen molar-refractivity contribution in [2.45, 2.75) is 26.4 Å². The summed E-state index contributed by atoms with van der Waals surface area (Å²) in [6, 6.07) is 5.54. The summed E-state index contributed by atoms with van der Waals surface area (Å²) in [6.45, 7) is 4.85. The highest BCUT2D eigenvalue weighted by atomic mass is 16.7. The summed E-state index contributed by atoms with van der Waals surface area (Å²) in [5, 5.41) is 6.17. The van der Waals surface area contributed by atoms with Crippen LogP contribution in [0.5, 0.6) is 11.5 Å². The van der Waals surface area contributed by atoms with Crippen LogP contribution >= 0.6 is 0 Å². The van der Waals surface area contributed by atoms with Crippen LogP contribution in [-0.4, -0.2) is 35.8 Å². The van der Waals surface area contributed by atoms with Crippen LogP contribution in [0.15, 0.2) is 24.5 Å². The maximum absolute atomic E-state index is 12.4. The van der Waals surface area contributed by atoms with Gasteiger partial charge in [-0.05, 0) is 23.6 Å². The van der Waals surface area contributed by atoms with E-state index in [-0.39, 0.29) is 24.7 Å². The number of carbonyl (C=O) groups excluding carboxylic acids is 1. The summed E-state index contributed by atoms with van der Waals surface area (Å²) in [5.74, 6) is 2.90. The maximum Gasteiger partial charge on any atom is 0.247 e. The first-order valence-electron chi connectivity index (χ1n) is 8.55. The SMILES string of the molecule is CC(C)C1Nc2ncnc(N(C)Cc3ccc4c(c3)OCO4)c2NC1=O. The average molecular weight is 355 g/mol. The van der Waals surface area contributed by atoms with Crippen LogP contribution < -0.4 is 25.0 Å². The van der Waals surface area contributed by atoms with Gasteiger partial charge in [-0.1, -0.05) is 19.9 Å². The van der Waals surface area contributed by atoms with Gasteiger partial charge in [-0.3, -0.25) is 4.79 Å². The zero-order chi connectivity index (χ0) is 18.3. The van der Waals surface area contributed by atoms with Gasteiger partial charge < -0.3 is 25.0 Å². The second-order valence-electron chi connectivity index (χ2n) is 6.82. The van der Waals surface area contributed by atoms with E-state index in [1.807, 2.05) is 44.0 Å². The highest BCUT2D eigenvalue weighted by Crippen LogP contribution is 2.36. The summed E-state index contributed by atoms with van der Waals surface area (Å²) in [6.07, 6.45) is 1.51. The van der Waals surface area contributed by atoms with Gasteiger partial charge in [-0.2, -0.15) is 0 Å². The monoisotopic (exact) mass is 355 g/mol. The summed E-state index contributed by atoms with van der Waals surface area (Å²) < 4.78 is 10.8. The normalized spacial score (nSPS) is 17.5. The fourth-order valence-electron chi connectivity index (χ4n) is 3.16. The number of amides is 1. The molecule has 0 spiro atoms. The minimum Gasteiger partial charge on any atom is -0.454 e. The molecule has 0 saturated carbocycles. The van der Waals surface area contributed by atoms with Gasteiger partial charge >= 0.3 is 0 Å². The Morgan fingerprint density at radius 3 is 2.88 bits per heavy atom. The maximum atomic E-state index is 12.4. The van der Waals surface area contributed by atoms with Gasteiger partial charge in [0.25, 0.3) is 0 Å². The van der Waals surface area contributed by atoms with Crippen molar-refractivity contribution in [2.24, 2.45) is 5.92 Å². The van der Waals surface area contributed by atoms with E-state index in [4.69, 9.17) is 9.47 Å². The van der Waals surface area contributed by atoms with Gasteiger partial charge in [0.2, 0.25) is 12.7 Å². The number of anilines is 3. The number of ether oxygens (including phenoxy) is 2. The number of hydrogen-bond acceptors (Lipinski definition) is 7. The smallest absolute Gasteiger partial charge is 0.247 e. The van der Waals surface area contributed by atoms with Gasteiger partial charge in [-0.15, -0.1) is 0 Å². The largest absolute Gasteiger partial charge is 0.454 e. The molecule has 2 aliphatic rings. The van der Waals surface area contributed by atoms with Crippen molar-refractivity contribution in [1.82, 2.24) is 9.97 Å². The second-order valence-corrected chi connectivity index (χ2v) is 6.82. The van der Waals surface area contributed by atoms with E-state index in [9.17, 15) is 4.79 Å². The molecule has 0 radical (unpaired) electrons. The lowest BCUT2D eigenvalue weighted by atomic mass is 10.0. The van der Waals surface area contributed by atoms with E-state index in [1.165, 1.54) is 6.33 Å². The van der Waals surface area contributed by atoms with Crippen molar-refractivity contribution in [1.29, 1.82) is 0 Å². The number of fused-ring (bicyclic) bond motifs is 2. The van der Waals surface area contributed by atoms with Gasteiger partial charge in [-0.25, -0.2) is 9.97 Å². The van der Waals surface area contributed by atoms with E-state index in [2.05, 4.69) is 20.6 Å². The summed E-state index contributed by atoms with van der Waals surface area (Å²) in [5.41, 5.74) is 1.66. The Hall–Kier alpha value is -3.03. The minimum atomic E-state index is -0.301. The van der Waals surface area contributed by atoms with Crippen molar-refractivity contribution in [3.63, 3.8) is 0 Å². The number of rotatable bonds is 4. The predicted octanol–water partition coefficient (Wildman–Crippen LogP) is 2.23. The molecule has 0 bridgehead atoms. The van der Waals surface area contributed by atoms with Crippen LogP contribution in [0.1, 0.15) is 19.4 Å². The van der Waals surface area contributed by atoms with Crippen LogP contribution in [0.25, 0.3) is 0 Å². The highest BCUT2D eigenvalue weighted by molar-refractivity contribution is 6.05. The molecule has 2 aliphatic heterocycles. The van der Waals surface area contributed by atoms with Crippen LogP contribution in [0.2, 0.25) is 0 Å². The van der Waals surface area contributed by atoms with E-state index in [0.717, 1.165) is 17.1 Å². The summed E-state index contributed by atoms with van der Waals surface area (Å²) in [4.78, 5) is 23.0. The first kappa shape index (κ1) is 16.4. The van der Waals surface area contributed by atoms with E-state index in [0.29, 0.717) is 23.9 Å². The summed E-state index contributed by atoms with van der Waals surface area (Å²) >= 11 is 0. The van der Waals surface area contributed by atoms with Gasteiger partial charge in [0.05, 0.1) is 0 Å². The number of hydrogen-bond donors (Lipinski definition) is 2. The highest BCUT2D eigenvalue weighted by Gasteiger charge is 2.31. The molecule has 1 aromatic heterocycles. The molecule has 1 atom stereocenters. The third-order valence-corrected chi connectivity index (χ3v) is 4.54. The second kappa shape index (κ2) is 6.36. The molecule has 26 heavy (non-hydrogen) atoms. The minimum absolute atomic E-state index is 0.0694. The number of carbonyl (C=O) groups is 1. The molecule has 0 saturated heterocycles. The van der Waals surface area contributed by atoms with Crippen LogP contribution in [0, 0.1) is 5.92 Å². The third kappa shape index (κ3) is 2.87. The molecule has 2 aromatic rings. The summed E-state index contributed by atoms with van der Waals surface area (Å²) in [7, 11) is 1.92. The van der Waals surface area contributed by atoms with Crippen LogP contribution in [0.3, 0.4) is 0 Å². The zero-order valence-electron chi connectivity index (χ0n) is 14.9. The number of nitrogens with one attached hydrogen (secondary N) is 2. The number of aromatic nitrogens is 2. The Bertz CT molecular complexity index is 855. The Kier molecular flexibility index (Phi) is 4.02. The molecule has 4 rings (SSSR count). The van der Waals surface area contributed by atoms with Crippen molar-refractivity contribution in [3.8, 4) is 11.5 Å². The average Bonchev–Trinajstić information content (AvgIpc) is 3.08. The van der Waals surface area contributed by atoms with Crippen molar-refractivity contribution in [3.05, 3.63) is 30.1 Å². The molecular weight excluding hydrogens is 334 g/mol. The Morgan fingerprint density at radius 1 is 1.27 bits per heavy atom. The molecule has 8 nitrogen and oxygen atoms in total. The Balaban J connectivity index is 1.58. The van der Waals surface area contributed by atoms with Crippen molar-refractivity contribution < 1.29 is 14.3 Å². The molecule has 0 fully saturated rings. The standard InChI is InChI=1S/C18H21N5O3/c1-10(2)14-18(24)22-15-16(21-14)19-8-20-17(15)23(3)7-11-4-5-12-13(6-11)26-9-25-12/h4-6,8,10,14H,7,9H2,1-3H3,(H,22,24)(H,19,20,21). The third-order valence-electron chi connectivity index (χ3n) is 4.54. The fourth-order valence-corrected chi connectivity index (χ4v) is 3.16. The zero-order valence-corrected chi connectivity index (χ0v) is 14.9. The molecule has 1 aromatic carbocycles. The van der Waals surface area contributed by atoms with Crippen LogP contribution in [-0.2, 0) is 11.3 Å².